The van der Waals surface area contributed by atoms with Crippen molar-refractivity contribution in [3.8, 4) is 11.5 Å². The van der Waals surface area contributed by atoms with E-state index in [4.69, 9.17) is 16.1 Å². The molecule has 0 aliphatic rings. The predicted molar refractivity (Wildman–Crippen MR) is 75.8 cm³/mol. The van der Waals surface area contributed by atoms with E-state index in [0.717, 1.165) is 24.1 Å². The number of hydrogen-bond donors (Lipinski definition) is 0. The quantitative estimate of drug-likeness (QED) is 0.655. The van der Waals surface area contributed by atoms with Gasteiger partial charge in [-0.25, -0.2) is 4.68 Å². The smallest absolute Gasteiger partial charge is 0.258 e. The van der Waals surface area contributed by atoms with Crippen LogP contribution in [0, 0.1) is 0 Å². The molecule has 20 heavy (non-hydrogen) atoms. The Labute approximate surface area is 124 Å². The van der Waals surface area contributed by atoms with Crippen molar-refractivity contribution in [1.82, 2.24) is 25.1 Å². The van der Waals surface area contributed by atoms with Crippen molar-refractivity contribution in [2.45, 2.75) is 19.4 Å². The normalized spacial score (nSPS) is 11.1. The molecule has 0 atom stereocenters. The first-order valence-corrected chi connectivity index (χ1v) is 7.63. The third kappa shape index (κ3) is 3.05. The van der Waals surface area contributed by atoms with Crippen LogP contribution in [0.4, 0.5) is 0 Å². The molecule has 0 aromatic carbocycles. The van der Waals surface area contributed by atoms with E-state index in [1.54, 1.807) is 16.0 Å². The number of aryl methyl sites for hydroxylation is 1. The second kappa shape index (κ2) is 6.15. The predicted octanol–water partition coefficient (Wildman–Crippen LogP) is 2.61. The minimum absolute atomic E-state index is 0.446. The summed E-state index contributed by atoms with van der Waals surface area (Å²) in [6.07, 6.45) is 3.60. The van der Waals surface area contributed by atoms with Gasteiger partial charge in [-0.05, 0) is 24.3 Å². The average Bonchev–Trinajstić information content (AvgIpc) is 3.18. The molecule has 0 radical (unpaired) electrons. The summed E-state index contributed by atoms with van der Waals surface area (Å²) in [5, 5.41) is 16.0. The molecule has 8 heteroatoms. The van der Waals surface area contributed by atoms with E-state index in [1.165, 1.54) is 0 Å². The Bertz CT molecular complexity index is 663. The van der Waals surface area contributed by atoms with Crippen molar-refractivity contribution in [3.63, 3.8) is 0 Å². The summed E-state index contributed by atoms with van der Waals surface area (Å²) in [7, 11) is 0. The third-order valence-electron chi connectivity index (χ3n) is 2.69. The lowest BCUT2D eigenvalue weighted by Gasteiger charge is -1.92. The van der Waals surface area contributed by atoms with Gasteiger partial charge in [-0.1, -0.05) is 10.4 Å². The van der Waals surface area contributed by atoms with Crippen LogP contribution in [0.2, 0.25) is 0 Å². The summed E-state index contributed by atoms with van der Waals surface area (Å²) >= 11 is 7.25. The highest BCUT2D eigenvalue weighted by Crippen LogP contribution is 2.19. The molecule has 3 aromatic rings. The van der Waals surface area contributed by atoms with Crippen LogP contribution in [0.3, 0.4) is 0 Å². The fourth-order valence-electron chi connectivity index (χ4n) is 1.74. The van der Waals surface area contributed by atoms with E-state index in [0.29, 0.717) is 24.1 Å². The fraction of sp³-hybridized carbons (Fsp3) is 0.333. The molecule has 0 amide bonds. The zero-order valence-corrected chi connectivity index (χ0v) is 12.1. The molecule has 0 spiro atoms. The molecule has 3 rings (SSSR count). The van der Waals surface area contributed by atoms with Crippen molar-refractivity contribution < 1.29 is 4.52 Å². The Morgan fingerprint density at radius 2 is 2.35 bits per heavy atom. The minimum atomic E-state index is 0.446. The lowest BCUT2D eigenvalue weighted by Crippen LogP contribution is -2.02. The Morgan fingerprint density at radius 1 is 1.40 bits per heavy atom. The van der Waals surface area contributed by atoms with Crippen molar-refractivity contribution in [1.29, 1.82) is 0 Å². The number of hydrogen-bond acceptors (Lipinski definition) is 6. The molecule has 0 bridgehead atoms. The van der Waals surface area contributed by atoms with Crippen LogP contribution in [0.25, 0.3) is 11.5 Å². The molecule has 0 saturated carbocycles. The third-order valence-corrected chi connectivity index (χ3v) is 3.64. The molecule has 0 N–H and O–H groups in total. The van der Waals surface area contributed by atoms with E-state index in [-0.39, 0.29) is 0 Å². The summed E-state index contributed by atoms with van der Waals surface area (Å²) < 4.78 is 6.92. The molecule has 3 aromatic heterocycles. The number of thiophene rings is 1. The van der Waals surface area contributed by atoms with Crippen LogP contribution < -0.4 is 0 Å². The molecule has 0 aliphatic heterocycles. The molecule has 3 heterocycles. The van der Waals surface area contributed by atoms with Gasteiger partial charge in [0.15, 0.2) is 5.82 Å². The highest BCUT2D eigenvalue weighted by molar-refractivity contribution is 7.08. The monoisotopic (exact) mass is 309 g/mol. The van der Waals surface area contributed by atoms with E-state index >= 15 is 0 Å². The number of halogens is 1. The Kier molecular flexibility index (Phi) is 4.08. The van der Waals surface area contributed by atoms with Crippen LogP contribution in [0.1, 0.15) is 17.9 Å². The number of alkyl halides is 1. The summed E-state index contributed by atoms with van der Waals surface area (Å²) in [5.74, 6) is 1.74. The highest BCUT2D eigenvalue weighted by atomic mass is 35.5. The van der Waals surface area contributed by atoms with Crippen molar-refractivity contribution in [3.05, 3.63) is 34.5 Å². The standard InChI is InChI=1S/C12H12ClN5OS/c13-4-1-2-10-6-18(17-15-10)7-11-14-12(19-16-11)9-3-5-20-8-9/h3,5-6,8H,1-2,4,7H2. The summed E-state index contributed by atoms with van der Waals surface area (Å²) in [6, 6.07) is 1.95. The van der Waals surface area contributed by atoms with Gasteiger partial charge in [-0.3, -0.25) is 0 Å². The van der Waals surface area contributed by atoms with Crippen molar-refractivity contribution in [2.75, 3.05) is 5.88 Å². The van der Waals surface area contributed by atoms with Crippen LogP contribution in [-0.2, 0) is 13.0 Å². The van der Waals surface area contributed by atoms with Crippen molar-refractivity contribution in [2.24, 2.45) is 0 Å². The average molecular weight is 310 g/mol. The van der Waals surface area contributed by atoms with E-state index in [9.17, 15) is 0 Å². The van der Waals surface area contributed by atoms with Gasteiger partial charge in [-0.2, -0.15) is 16.3 Å². The van der Waals surface area contributed by atoms with Gasteiger partial charge in [0.1, 0.15) is 6.54 Å². The van der Waals surface area contributed by atoms with Crippen LogP contribution in [0.15, 0.2) is 27.5 Å². The second-order valence-corrected chi connectivity index (χ2v) is 5.39. The lowest BCUT2D eigenvalue weighted by molar-refractivity contribution is 0.418. The topological polar surface area (TPSA) is 69.6 Å². The first kappa shape index (κ1) is 13.3. The summed E-state index contributed by atoms with van der Waals surface area (Å²) in [5.41, 5.74) is 1.86. The SMILES string of the molecule is ClCCCc1cn(Cc2noc(-c3ccsc3)n2)nn1. The maximum atomic E-state index is 5.65. The van der Waals surface area contributed by atoms with Gasteiger partial charge < -0.3 is 4.52 Å². The molecule has 0 fully saturated rings. The van der Waals surface area contributed by atoms with Crippen LogP contribution in [0.5, 0.6) is 0 Å². The first-order chi connectivity index (χ1) is 9.85. The van der Waals surface area contributed by atoms with E-state index in [1.807, 2.05) is 23.0 Å². The van der Waals surface area contributed by atoms with Gasteiger partial charge in [-0.15, -0.1) is 16.7 Å². The Morgan fingerprint density at radius 3 is 3.15 bits per heavy atom. The lowest BCUT2D eigenvalue weighted by atomic mass is 10.3. The molecule has 0 saturated heterocycles. The van der Waals surface area contributed by atoms with Crippen LogP contribution in [-0.4, -0.2) is 31.0 Å². The maximum absolute atomic E-state index is 5.65. The van der Waals surface area contributed by atoms with Gasteiger partial charge in [0.25, 0.3) is 5.89 Å². The molecule has 6 nitrogen and oxygen atoms in total. The Hall–Kier alpha value is -1.73. The maximum Gasteiger partial charge on any atom is 0.258 e. The zero-order valence-electron chi connectivity index (χ0n) is 10.6. The fourth-order valence-corrected chi connectivity index (χ4v) is 2.51. The molecular formula is C12H12ClN5OS. The molecule has 104 valence electrons. The van der Waals surface area contributed by atoms with Gasteiger partial charge in [0, 0.05) is 17.5 Å². The van der Waals surface area contributed by atoms with E-state index in [2.05, 4.69) is 20.5 Å². The number of rotatable bonds is 6. The van der Waals surface area contributed by atoms with Crippen LogP contribution >= 0.6 is 22.9 Å². The van der Waals surface area contributed by atoms with Crippen molar-refractivity contribution >= 4 is 22.9 Å². The Balaban J connectivity index is 1.67. The molecule has 0 aliphatic carbocycles. The van der Waals surface area contributed by atoms with E-state index < -0.39 is 0 Å². The summed E-state index contributed by atoms with van der Waals surface area (Å²) in [4.78, 5) is 4.34. The van der Waals surface area contributed by atoms with Gasteiger partial charge in [0.05, 0.1) is 11.3 Å². The second-order valence-electron chi connectivity index (χ2n) is 4.23. The molecule has 0 unspecified atom stereocenters. The molecular weight excluding hydrogens is 298 g/mol. The van der Waals surface area contributed by atoms with Gasteiger partial charge in [0.2, 0.25) is 0 Å². The largest absolute Gasteiger partial charge is 0.334 e. The highest BCUT2D eigenvalue weighted by Gasteiger charge is 2.10. The number of aromatic nitrogens is 5. The summed E-state index contributed by atoms with van der Waals surface area (Å²) in [6.45, 7) is 0.446. The minimum Gasteiger partial charge on any atom is -0.334 e. The first-order valence-electron chi connectivity index (χ1n) is 6.15. The van der Waals surface area contributed by atoms with Gasteiger partial charge >= 0.3 is 0 Å². The number of nitrogens with zero attached hydrogens (tertiary/aromatic N) is 5. The zero-order chi connectivity index (χ0) is 13.8.